The molecule has 1 N–H and O–H groups in total. The third-order valence-electron chi connectivity index (χ3n) is 5.42. The van der Waals surface area contributed by atoms with Crippen LogP contribution in [0.25, 0.3) is 0 Å². The molecule has 2 aliphatic heterocycles. The van der Waals surface area contributed by atoms with Gasteiger partial charge in [0.25, 0.3) is 0 Å². The van der Waals surface area contributed by atoms with E-state index in [0.29, 0.717) is 36.5 Å². The smallest absolute Gasteiger partial charge is 0.243 e. The van der Waals surface area contributed by atoms with Crippen molar-refractivity contribution in [2.75, 3.05) is 52.5 Å². The molecule has 1 unspecified atom stereocenters. The molecule has 0 aromatic heterocycles. The van der Waals surface area contributed by atoms with Crippen LogP contribution in [0.1, 0.15) is 18.4 Å². The zero-order valence-corrected chi connectivity index (χ0v) is 17.8. The molecule has 0 bridgehead atoms. The number of carbonyl (C=O) groups is 1. The second kappa shape index (κ2) is 9.54. The lowest BCUT2D eigenvalue weighted by atomic mass is 9.99. The van der Waals surface area contributed by atoms with Crippen LogP contribution < -0.4 is 5.32 Å². The number of halogens is 1. The quantitative estimate of drug-likeness (QED) is 0.741. The Balaban J connectivity index is 1.58. The molecule has 3 rings (SSSR count). The number of morpholine rings is 1. The van der Waals surface area contributed by atoms with E-state index < -0.39 is 10.0 Å². The summed E-state index contributed by atoms with van der Waals surface area (Å²) >= 11 is 6.10. The Hall–Kier alpha value is -1.19. The normalized spacial score (nSPS) is 22.1. The minimum Gasteiger partial charge on any atom is -0.379 e. The number of rotatable bonds is 6. The first kappa shape index (κ1) is 21.5. The van der Waals surface area contributed by atoms with Gasteiger partial charge in [-0.25, -0.2) is 8.42 Å². The van der Waals surface area contributed by atoms with Gasteiger partial charge in [0.1, 0.15) is 0 Å². The third kappa shape index (κ3) is 5.04. The van der Waals surface area contributed by atoms with Gasteiger partial charge in [-0.1, -0.05) is 17.7 Å². The molecule has 0 saturated carbocycles. The van der Waals surface area contributed by atoms with Gasteiger partial charge in [0.05, 0.1) is 24.0 Å². The summed E-state index contributed by atoms with van der Waals surface area (Å²) in [6.45, 7) is 6.90. The Bertz CT molecular complexity index is 796. The Kier molecular flexibility index (Phi) is 7.33. The number of sulfonamides is 1. The molecule has 1 atom stereocenters. The van der Waals surface area contributed by atoms with E-state index in [1.807, 2.05) is 0 Å². The zero-order chi connectivity index (χ0) is 20.1. The maximum absolute atomic E-state index is 13.1. The number of benzene rings is 1. The molecule has 2 saturated heterocycles. The maximum Gasteiger partial charge on any atom is 0.243 e. The van der Waals surface area contributed by atoms with Crippen LogP contribution in [0, 0.1) is 12.8 Å². The lowest BCUT2D eigenvalue weighted by molar-refractivity contribution is -0.126. The van der Waals surface area contributed by atoms with E-state index >= 15 is 0 Å². The summed E-state index contributed by atoms with van der Waals surface area (Å²) < 4.78 is 32.9. The molecule has 7 nitrogen and oxygen atoms in total. The topological polar surface area (TPSA) is 79.0 Å². The molecular formula is C19H28ClN3O4S. The van der Waals surface area contributed by atoms with Crippen molar-refractivity contribution >= 4 is 27.5 Å². The molecular weight excluding hydrogens is 402 g/mol. The highest BCUT2D eigenvalue weighted by molar-refractivity contribution is 7.89. The Morgan fingerprint density at radius 2 is 2.04 bits per heavy atom. The van der Waals surface area contributed by atoms with Crippen LogP contribution in [-0.4, -0.2) is 76.0 Å². The third-order valence-corrected chi connectivity index (χ3v) is 7.84. The van der Waals surface area contributed by atoms with Crippen LogP contribution in [0.4, 0.5) is 0 Å². The molecule has 1 aromatic rings. The highest BCUT2D eigenvalue weighted by Crippen LogP contribution is 2.28. The minimum atomic E-state index is -3.67. The minimum absolute atomic E-state index is 0.0732. The predicted octanol–water partition coefficient (Wildman–Crippen LogP) is 1.50. The van der Waals surface area contributed by atoms with Crippen molar-refractivity contribution in [3.05, 3.63) is 28.8 Å². The van der Waals surface area contributed by atoms with Crippen LogP contribution in [0.3, 0.4) is 0 Å². The fourth-order valence-electron chi connectivity index (χ4n) is 3.69. The number of piperidine rings is 1. The molecule has 0 aliphatic carbocycles. The number of amides is 1. The van der Waals surface area contributed by atoms with Gasteiger partial charge < -0.3 is 10.1 Å². The molecule has 28 heavy (non-hydrogen) atoms. The highest BCUT2D eigenvalue weighted by atomic mass is 35.5. The van der Waals surface area contributed by atoms with E-state index in [0.717, 1.165) is 32.8 Å². The van der Waals surface area contributed by atoms with Crippen molar-refractivity contribution < 1.29 is 17.9 Å². The fraction of sp³-hybridized carbons (Fsp3) is 0.632. The van der Waals surface area contributed by atoms with E-state index in [1.54, 1.807) is 25.1 Å². The first-order chi connectivity index (χ1) is 13.4. The SMILES string of the molecule is Cc1c(Cl)cccc1S(=O)(=O)N1CCCC(C(=O)NCCN2CCOCC2)C1. The van der Waals surface area contributed by atoms with E-state index in [-0.39, 0.29) is 23.3 Å². The van der Waals surface area contributed by atoms with E-state index in [9.17, 15) is 13.2 Å². The Labute approximate surface area is 172 Å². The Morgan fingerprint density at radius 3 is 2.79 bits per heavy atom. The van der Waals surface area contributed by atoms with E-state index in [4.69, 9.17) is 16.3 Å². The van der Waals surface area contributed by atoms with Crippen molar-refractivity contribution in [2.45, 2.75) is 24.7 Å². The monoisotopic (exact) mass is 429 g/mol. The Morgan fingerprint density at radius 1 is 1.29 bits per heavy atom. The molecule has 1 amide bonds. The van der Waals surface area contributed by atoms with Crippen LogP contribution >= 0.6 is 11.6 Å². The fourth-order valence-corrected chi connectivity index (χ4v) is 5.69. The van der Waals surface area contributed by atoms with Crippen molar-refractivity contribution in [2.24, 2.45) is 5.92 Å². The average Bonchev–Trinajstić information content (AvgIpc) is 2.70. The molecule has 2 heterocycles. The number of carbonyl (C=O) groups excluding carboxylic acids is 1. The summed E-state index contributed by atoms with van der Waals surface area (Å²) in [5, 5.41) is 3.39. The van der Waals surface area contributed by atoms with Gasteiger partial charge in [-0.2, -0.15) is 4.31 Å². The summed E-state index contributed by atoms with van der Waals surface area (Å²) in [5.41, 5.74) is 0.543. The molecule has 156 valence electrons. The number of nitrogens with zero attached hydrogens (tertiary/aromatic N) is 2. The van der Waals surface area contributed by atoms with Crippen LogP contribution in [0.2, 0.25) is 5.02 Å². The van der Waals surface area contributed by atoms with Gasteiger partial charge in [-0.3, -0.25) is 9.69 Å². The lowest BCUT2D eigenvalue weighted by Gasteiger charge is -2.32. The first-order valence-corrected chi connectivity index (χ1v) is 11.5. The van der Waals surface area contributed by atoms with Gasteiger partial charge in [0, 0.05) is 44.3 Å². The van der Waals surface area contributed by atoms with Crippen molar-refractivity contribution in [1.82, 2.24) is 14.5 Å². The number of hydrogen-bond acceptors (Lipinski definition) is 5. The highest BCUT2D eigenvalue weighted by Gasteiger charge is 2.34. The van der Waals surface area contributed by atoms with Crippen molar-refractivity contribution in [3.63, 3.8) is 0 Å². The second-order valence-corrected chi connectivity index (χ2v) is 9.62. The van der Waals surface area contributed by atoms with Gasteiger partial charge in [-0.05, 0) is 37.5 Å². The molecule has 2 aliphatic rings. The van der Waals surface area contributed by atoms with Gasteiger partial charge in [-0.15, -0.1) is 0 Å². The summed E-state index contributed by atoms with van der Waals surface area (Å²) in [4.78, 5) is 15.0. The van der Waals surface area contributed by atoms with Gasteiger partial charge in [0.2, 0.25) is 15.9 Å². The second-order valence-electron chi connectivity index (χ2n) is 7.31. The average molecular weight is 430 g/mol. The van der Waals surface area contributed by atoms with Crippen molar-refractivity contribution in [1.29, 1.82) is 0 Å². The standard InChI is InChI=1S/C19H28ClN3O4S/c1-15-17(20)5-2-6-18(15)28(25,26)23-8-3-4-16(14-23)19(24)21-7-9-22-10-12-27-13-11-22/h2,5-6,16H,3-4,7-14H2,1H3,(H,21,24). The van der Waals surface area contributed by atoms with Crippen LogP contribution in [-0.2, 0) is 19.6 Å². The summed E-state index contributed by atoms with van der Waals surface area (Å²) in [5.74, 6) is -0.399. The zero-order valence-electron chi connectivity index (χ0n) is 16.2. The summed E-state index contributed by atoms with van der Waals surface area (Å²) in [6, 6.07) is 4.89. The molecule has 0 spiro atoms. The largest absolute Gasteiger partial charge is 0.379 e. The number of hydrogen-bond donors (Lipinski definition) is 1. The predicted molar refractivity (Wildman–Crippen MR) is 108 cm³/mol. The molecule has 2 fully saturated rings. The number of ether oxygens (including phenoxy) is 1. The number of nitrogens with one attached hydrogen (secondary N) is 1. The maximum atomic E-state index is 13.1. The van der Waals surface area contributed by atoms with Crippen molar-refractivity contribution in [3.8, 4) is 0 Å². The lowest BCUT2D eigenvalue weighted by Crippen LogP contribution is -2.47. The molecule has 0 radical (unpaired) electrons. The van der Waals surface area contributed by atoms with Gasteiger partial charge >= 0.3 is 0 Å². The summed E-state index contributed by atoms with van der Waals surface area (Å²) in [6.07, 6.45) is 1.37. The van der Waals surface area contributed by atoms with Crippen LogP contribution in [0.5, 0.6) is 0 Å². The summed E-state index contributed by atoms with van der Waals surface area (Å²) in [7, 11) is -3.67. The first-order valence-electron chi connectivity index (χ1n) is 9.72. The molecule has 9 heteroatoms. The molecule has 1 aromatic carbocycles. The van der Waals surface area contributed by atoms with E-state index in [2.05, 4.69) is 10.2 Å². The van der Waals surface area contributed by atoms with E-state index in [1.165, 1.54) is 4.31 Å². The van der Waals surface area contributed by atoms with Gasteiger partial charge in [0.15, 0.2) is 0 Å². The van der Waals surface area contributed by atoms with Crippen LogP contribution in [0.15, 0.2) is 23.1 Å².